The SMILES string of the molecule is CCCCCCNCCN(C)CC(F)(F)F. The molecule has 0 aliphatic carbocycles. The first-order valence-electron chi connectivity index (χ1n) is 5.91. The summed E-state index contributed by atoms with van der Waals surface area (Å²) in [6.45, 7) is 3.29. The van der Waals surface area contributed by atoms with Crippen molar-refractivity contribution >= 4 is 0 Å². The molecule has 0 heterocycles. The van der Waals surface area contributed by atoms with Crippen LogP contribution in [-0.4, -0.2) is 44.3 Å². The van der Waals surface area contributed by atoms with Crippen LogP contribution in [0.15, 0.2) is 0 Å². The molecule has 0 aliphatic rings. The number of rotatable bonds is 9. The molecule has 0 aromatic rings. The third kappa shape index (κ3) is 11.8. The molecule has 1 N–H and O–H groups in total. The molecular weight excluding hydrogens is 217 g/mol. The van der Waals surface area contributed by atoms with E-state index in [0.717, 1.165) is 13.0 Å². The van der Waals surface area contributed by atoms with Crippen molar-refractivity contribution in [2.45, 2.75) is 38.8 Å². The Bertz CT molecular complexity index is 160. The first-order valence-corrected chi connectivity index (χ1v) is 5.91. The van der Waals surface area contributed by atoms with Gasteiger partial charge in [0, 0.05) is 13.1 Å². The van der Waals surface area contributed by atoms with Crippen molar-refractivity contribution in [3.8, 4) is 0 Å². The summed E-state index contributed by atoms with van der Waals surface area (Å²) >= 11 is 0. The van der Waals surface area contributed by atoms with Crippen LogP contribution in [0.1, 0.15) is 32.6 Å². The van der Waals surface area contributed by atoms with Crippen LogP contribution < -0.4 is 5.32 Å². The third-order valence-electron chi connectivity index (χ3n) is 2.33. The van der Waals surface area contributed by atoms with Crippen molar-refractivity contribution in [2.24, 2.45) is 0 Å². The Hall–Kier alpha value is -0.290. The summed E-state index contributed by atoms with van der Waals surface area (Å²) in [5, 5.41) is 3.15. The molecule has 0 rings (SSSR count). The standard InChI is InChI=1S/C11H23F3N2/c1-3-4-5-6-7-15-8-9-16(2)10-11(12,13)14/h15H,3-10H2,1-2H3. The van der Waals surface area contributed by atoms with Gasteiger partial charge in [0.25, 0.3) is 0 Å². The second-order valence-electron chi connectivity index (χ2n) is 4.16. The highest BCUT2D eigenvalue weighted by molar-refractivity contribution is 4.60. The monoisotopic (exact) mass is 240 g/mol. The second-order valence-corrected chi connectivity index (χ2v) is 4.16. The van der Waals surface area contributed by atoms with Crippen molar-refractivity contribution in [3.05, 3.63) is 0 Å². The number of nitrogens with zero attached hydrogens (tertiary/aromatic N) is 1. The van der Waals surface area contributed by atoms with E-state index in [2.05, 4.69) is 12.2 Å². The van der Waals surface area contributed by atoms with E-state index in [1.807, 2.05) is 0 Å². The average Bonchev–Trinajstić information content (AvgIpc) is 2.13. The van der Waals surface area contributed by atoms with E-state index in [-0.39, 0.29) is 0 Å². The lowest BCUT2D eigenvalue weighted by Crippen LogP contribution is -2.36. The maximum Gasteiger partial charge on any atom is 0.401 e. The Morgan fingerprint density at radius 1 is 1.06 bits per heavy atom. The average molecular weight is 240 g/mol. The van der Waals surface area contributed by atoms with Crippen molar-refractivity contribution in [1.29, 1.82) is 0 Å². The Morgan fingerprint density at radius 3 is 2.31 bits per heavy atom. The number of likely N-dealkylation sites (N-methyl/N-ethyl adjacent to an activating group) is 1. The van der Waals surface area contributed by atoms with Crippen molar-refractivity contribution in [2.75, 3.05) is 33.2 Å². The molecule has 0 unspecified atom stereocenters. The van der Waals surface area contributed by atoms with E-state index in [4.69, 9.17) is 0 Å². The van der Waals surface area contributed by atoms with E-state index in [9.17, 15) is 13.2 Å². The first kappa shape index (κ1) is 15.7. The highest BCUT2D eigenvalue weighted by Crippen LogP contribution is 2.14. The van der Waals surface area contributed by atoms with Crippen LogP contribution in [0.2, 0.25) is 0 Å². The predicted molar refractivity (Wildman–Crippen MR) is 60.6 cm³/mol. The fourth-order valence-corrected chi connectivity index (χ4v) is 1.46. The molecule has 0 bridgehead atoms. The van der Waals surface area contributed by atoms with Crippen LogP contribution in [0.5, 0.6) is 0 Å². The largest absolute Gasteiger partial charge is 0.401 e. The van der Waals surface area contributed by atoms with Gasteiger partial charge in [-0.25, -0.2) is 0 Å². The first-order chi connectivity index (χ1) is 7.45. The topological polar surface area (TPSA) is 15.3 Å². The number of hydrogen-bond acceptors (Lipinski definition) is 2. The van der Waals surface area contributed by atoms with Crippen LogP contribution in [0.3, 0.4) is 0 Å². The summed E-state index contributed by atoms with van der Waals surface area (Å²) in [7, 11) is 1.49. The van der Waals surface area contributed by atoms with Crippen molar-refractivity contribution in [1.82, 2.24) is 10.2 Å². The summed E-state index contributed by atoms with van der Waals surface area (Å²) in [6, 6.07) is 0. The lowest BCUT2D eigenvalue weighted by atomic mass is 10.2. The van der Waals surface area contributed by atoms with Gasteiger partial charge in [-0.05, 0) is 20.0 Å². The molecule has 2 nitrogen and oxygen atoms in total. The number of halogens is 3. The Kier molecular flexibility index (Phi) is 8.66. The van der Waals surface area contributed by atoms with Gasteiger partial charge in [0.1, 0.15) is 0 Å². The molecule has 0 saturated heterocycles. The number of unbranched alkanes of at least 4 members (excludes halogenated alkanes) is 3. The van der Waals surface area contributed by atoms with E-state index < -0.39 is 12.7 Å². The van der Waals surface area contributed by atoms with Crippen molar-refractivity contribution in [3.63, 3.8) is 0 Å². The summed E-state index contributed by atoms with van der Waals surface area (Å²) < 4.78 is 35.9. The lowest BCUT2D eigenvalue weighted by molar-refractivity contribution is -0.142. The molecule has 0 radical (unpaired) electrons. The van der Waals surface area contributed by atoms with Gasteiger partial charge in [-0.15, -0.1) is 0 Å². The van der Waals surface area contributed by atoms with Crippen molar-refractivity contribution < 1.29 is 13.2 Å². The molecule has 5 heteroatoms. The molecule has 0 aliphatic heterocycles. The summed E-state index contributed by atoms with van der Waals surface area (Å²) in [4.78, 5) is 1.29. The molecule has 0 aromatic heterocycles. The molecule has 0 saturated carbocycles. The number of nitrogens with one attached hydrogen (secondary N) is 1. The van der Waals surface area contributed by atoms with Crippen LogP contribution in [0.25, 0.3) is 0 Å². The fraction of sp³-hybridized carbons (Fsp3) is 1.00. The van der Waals surface area contributed by atoms with E-state index in [1.54, 1.807) is 0 Å². The Balaban J connectivity index is 3.25. The molecule has 0 aromatic carbocycles. The second kappa shape index (κ2) is 8.82. The highest BCUT2D eigenvalue weighted by atomic mass is 19.4. The molecule has 98 valence electrons. The number of hydrogen-bond donors (Lipinski definition) is 1. The van der Waals surface area contributed by atoms with Crippen LogP contribution >= 0.6 is 0 Å². The highest BCUT2D eigenvalue weighted by Gasteiger charge is 2.28. The zero-order valence-corrected chi connectivity index (χ0v) is 10.2. The van der Waals surface area contributed by atoms with E-state index >= 15 is 0 Å². The minimum absolute atomic E-state index is 0.438. The fourth-order valence-electron chi connectivity index (χ4n) is 1.46. The van der Waals surface area contributed by atoms with Gasteiger partial charge in [0.15, 0.2) is 0 Å². The van der Waals surface area contributed by atoms with Gasteiger partial charge in [-0.1, -0.05) is 26.2 Å². The molecule has 0 fully saturated rings. The zero-order chi connectivity index (χ0) is 12.4. The smallest absolute Gasteiger partial charge is 0.315 e. The lowest BCUT2D eigenvalue weighted by Gasteiger charge is -2.18. The van der Waals surface area contributed by atoms with E-state index in [0.29, 0.717) is 13.1 Å². The molecule has 0 amide bonds. The van der Waals surface area contributed by atoms with Gasteiger partial charge in [0.2, 0.25) is 0 Å². The summed E-state index contributed by atoms with van der Waals surface area (Å²) in [5.74, 6) is 0. The maximum atomic E-state index is 12.0. The summed E-state index contributed by atoms with van der Waals surface area (Å²) in [5.41, 5.74) is 0. The zero-order valence-electron chi connectivity index (χ0n) is 10.2. The van der Waals surface area contributed by atoms with Gasteiger partial charge in [0.05, 0.1) is 6.54 Å². The minimum atomic E-state index is -4.09. The van der Waals surface area contributed by atoms with Gasteiger partial charge in [-0.2, -0.15) is 13.2 Å². The quantitative estimate of drug-likeness (QED) is 0.623. The van der Waals surface area contributed by atoms with Crippen LogP contribution in [0.4, 0.5) is 13.2 Å². The third-order valence-corrected chi connectivity index (χ3v) is 2.33. The van der Waals surface area contributed by atoms with Crippen LogP contribution in [-0.2, 0) is 0 Å². The minimum Gasteiger partial charge on any atom is -0.315 e. The molecule has 0 atom stereocenters. The Morgan fingerprint density at radius 2 is 1.75 bits per heavy atom. The number of alkyl halides is 3. The van der Waals surface area contributed by atoms with Gasteiger partial charge >= 0.3 is 6.18 Å². The Labute approximate surface area is 96.2 Å². The predicted octanol–water partition coefficient (Wildman–Crippen LogP) is 2.65. The molecule has 0 spiro atoms. The van der Waals surface area contributed by atoms with Gasteiger partial charge < -0.3 is 5.32 Å². The summed E-state index contributed by atoms with van der Waals surface area (Å²) in [6.07, 6.45) is 0.651. The van der Waals surface area contributed by atoms with Crippen LogP contribution in [0, 0.1) is 0 Å². The maximum absolute atomic E-state index is 12.0. The van der Waals surface area contributed by atoms with E-state index in [1.165, 1.54) is 31.2 Å². The molecule has 16 heavy (non-hydrogen) atoms. The normalized spacial score (nSPS) is 12.4. The van der Waals surface area contributed by atoms with Gasteiger partial charge in [-0.3, -0.25) is 4.90 Å². The molecular formula is C11H23F3N2.